The Hall–Kier alpha value is -2.06. The molecule has 2 rings (SSSR count). The van der Waals surface area contributed by atoms with Crippen LogP contribution in [0.1, 0.15) is 24.9 Å². The number of nitrogens with zero attached hydrogens (tertiary/aromatic N) is 1. The molecule has 0 spiro atoms. The number of nitrogens with one attached hydrogen (secondary N) is 3. The molecule has 1 aliphatic heterocycles. The zero-order chi connectivity index (χ0) is 18.2. The molecule has 0 saturated carbocycles. The molecule has 1 unspecified atom stereocenters. The van der Waals surface area contributed by atoms with Crippen molar-refractivity contribution in [2.45, 2.75) is 19.4 Å². The van der Waals surface area contributed by atoms with Crippen LogP contribution in [0.2, 0.25) is 0 Å². The number of hydrogen-bond donors (Lipinski definition) is 3. The van der Waals surface area contributed by atoms with Crippen LogP contribution in [0.5, 0.6) is 0 Å². The molecule has 0 bridgehead atoms. The van der Waals surface area contributed by atoms with E-state index in [1.54, 1.807) is 0 Å². The second-order valence-electron chi connectivity index (χ2n) is 6.06. The first-order valence-electron chi connectivity index (χ1n) is 8.37. The summed E-state index contributed by atoms with van der Waals surface area (Å²) in [5.41, 5.74) is 0.0915. The first-order chi connectivity index (χ1) is 12.0. The Morgan fingerprint density at radius 3 is 2.64 bits per heavy atom. The summed E-state index contributed by atoms with van der Waals surface area (Å²) in [6.07, 6.45) is -0.107. The topological polar surface area (TPSA) is 73.5 Å². The Bertz CT molecular complexity index is 606. The summed E-state index contributed by atoms with van der Waals surface area (Å²) >= 11 is 0. The van der Waals surface area contributed by atoms with E-state index in [0.717, 1.165) is 44.9 Å². The maximum absolute atomic E-state index is 14.0. The van der Waals surface area contributed by atoms with Gasteiger partial charge in [0, 0.05) is 57.8 Å². The highest BCUT2D eigenvalue weighted by Crippen LogP contribution is 2.21. The molecule has 0 aliphatic carbocycles. The van der Waals surface area contributed by atoms with Crippen LogP contribution in [0.25, 0.3) is 0 Å². The zero-order valence-corrected chi connectivity index (χ0v) is 14.3. The van der Waals surface area contributed by atoms with Gasteiger partial charge in [-0.05, 0) is 6.07 Å². The highest BCUT2D eigenvalue weighted by Gasteiger charge is 2.21. The van der Waals surface area contributed by atoms with E-state index in [0.29, 0.717) is 6.54 Å². The van der Waals surface area contributed by atoms with Crippen LogP contribution in [0, 0.1) is 11.6 Å². The number of carbonyl (C=O) groups excluding carboxylic acids is 2. The number of rotatable bonds is 7. The predicted octanol–water partition coefficient (Wildman–Crippen LogP) is 0.554. The second kappa shape index (κ2) is 9.43. The van der Waals surface area contributed by atoms with Gasteiger partial charge < -0.3 is 16.0 Å². The summed E-state index contributed by atoms with van der Waals surface area (Å²) in [6, 6.07) is 2.26. The summed E-state index contributed by atoms with van der Waals surface area (Å²) in [7, 11) is 0. The van der Waals surface area contributed by atoms with Gasteiger partial charge >= 0.3 is 0 Å². The van der Waals surface area contributed by atoms with E-state index in [4.69, 9.17) is 0 Å². The Kier molecular flexibility index (Phi) is 7.27. The lowest BCUT2D eigenvalue weighted by Crippen LogP contribution is -2.46. The van der Waals surface area contributed by atoms with Crippen molar-refractivity contribution in [3.8, 4) is 0 Å². The molecule has 138 valence electrons. The molecule has 1 aromatic rings. The van der Waals surface area contributed by atoms with E-state index in [2.05, 4.69) is 20.9 Å². The van der Waals surface area contributed by atoms with Crippen molar-refractivity contribution in [3.63, 3.8) is 0 Å². The first kappa shape index (κ1) is 19.3. The molecule has 1 atom stereocenters. The summed E-state index contributed by atoms with van der Waals surface area (Å²) in [4.78, 5) is 25.7. The number of carbonyl (C=O) groups is 2. The Balaban J connectivity index is 1.89. The molecule has 1 aromatic carbocycles. The van der Waals surface area contributed by atoms with Crippen molar-refractivity contribution < 1.29 is 18.4 Å². The molecular formula is C17H24F2N4O2. The predicted molar refractivity (Wildman–Crippen MR) is 89.9 cm³/mol. The molecular weight excluding hydrogens is 330 g/mol. The van der Waals surface area contributed by atoms with Crippen molar-refractivity contribution in [1.29, 1.82) is 0 Å². The van der Waals surface area contributed by atoms with E-state index in [-0.39, 0.29) is 23.8 Å². The van der Waals surface area contributed by atoms with Crippen molar-refractivity contribution in [2.75, 3.05) is 39.3 Å². The van der Waals surface area contributed by atoms with Crippen LogP contribution < -0.4 is 16.0 Å². The van der Waals surface area contributed by atoms with Gasteiger partial charge in [-0.3, -0.25) is 14.5 Å². The highest BCUT2D eigenvalue weighted by atomic mass is 19.1. The maximum atomic E-state index is 14.0. The molecule has 0 radical (unpaired) electrons. The number of amides is 2. The van der Waals surface area contributed by atoms with Crippen LogP contribution in [-0.4, -0.2) is 56.0 Å². The summed E-state index contributed by atoms with van der Waals surface area (Å²) in [5.74, 6) is -2.17. The lowest BCUT2D eigenvalue weighted by atomic mass is 10.0. The fourth-order valence-corrected chi connectivity index (χ4v) is 2.81. The Labute approximate surface area is 146 Å². The molecule has 8 heteroatoms. The zero-order valence-electron chi connectivity index (χ0n) is 14.3. The molecule has 1 saturated heterocycles. The summed E-state index contributed by atoms with van der Waals surface area (Å²) in [6.45, 7) is 6.25. The van der Waals surface area contributed by atoms with E-state index in [1.165, 1.54) is 13.0 Å². The minimum atomic E-state index is -0.836. The van der Waals surface area contributed by atoms with Crippen molar-refractivity contribution >= 4 is 11.8 Å². The van der Waals surface area contributed by atoms with Crippen molar-refractivity contribution in [1.82, 2.24) is 20.9 Å². The fraction of sp³-hybridized carbons (Fsp3) is 0.529. The molecule has 0 aromatic heterocycles. The van der Waals surface area contributed by atoms with Crippen LogP contribution >= 0.6 is 0 Å². The Morgan fingerprint density at radius 1 is 1.28 bits per heavy atom. The van der Waals surface area contributed by atoms with Crippen LogP contribution in [-0.2, 0) is 9.59 Å². The normalized spacial score (nSPS) is 16.3. The monoisotopic (exact) mass is 354 g/mol. The maximum Gasteiger partial charge on any atom is 0.222 e. The third kappa shape index (κ3) is 6.39. The quantitative estimate of drug-likeness (QED) is 0.669. The molecule has 6 nitrogen and oxygen atoms in total. The lowest BCUT2D eigenvalue weighted by Gasteiger charge is -2.27. The molecule has 1 fully saturated rings. The SMILES string of the molecule is CC(=O)NC(CC(=O)NCCN1CCNCC1)c1ccc(F)cc1F. The highest BCUT2D eigenvalue weighted by molar-refractivity contribution is 5.79. The van der Waals surface area contributed by atoms with Gasteiger partial charge in [0.25, 0.3) is 0 Å². The number of piperazine rings is 1. The van der Waals surface area contributed by atoms with Crippen LogP contribution in [0.15, 0.2) is 18.2 Å². The third-order valence-electron chi connectivity index (χ3n) is 4.06. The van der Waals surface area contributed by atoms with Gasteiger partial charge in [-0.15, -0.1) is 0 Å². The van der Waals surface area contributed by atoms with Crippen LogP contribution in [0.4, 0.5) is 8.78 Å². The molecule has 1 aliphatic rings. The van der Waals surface area contributed by atoms with E-state index in [1.807, 2.05) is 0 Å². The number of halogens is 2. The average molecular weight is 354 g/mol. The third-order valence-corrected chi connectivity index (χ3v) is 4.06. The van der Waals surface area contributed by atoms with Gasteiger partial charge in [0.15, 0.2) is 0 Å². The Morgan fingerprint density at radius 2 is 2.00 bits per heavy atom. The first-order valence-corrected chi connectivity index (χ1v) is 8.37. The van der Waals surface area contributed by atoms with E-state index in [9.17, 15) is 18.4 Å². The minimum Gasteiger partial charge on any atom is -0.355 e. The molecule has 2 amide bonds. The van der Waals surface area contributed by atoms with Gasteiger partial charge in [-0.25, -0.2) is 8.78 Å². The van der Waals surface area contributed by atoms with Gasteiger partial charge in [0.2, 0.25) is 11.8 Å². The second-order valence-corrected chi connectivity index (χ2v) is 6.06. The minimum absolute atomic E-state index is 0.0915. The van der Waals surface area contributed by atoms with E-state index < -0.39 is 17.7 Å². The molecule has 1 heterocycles. The van der Waals surface area contributed by atoms with Gasteiger partial charge in [-0.1, -0.05) is 6.07 Å². The number of benzene rings is 1. The van der Waals surface area contributed by atoms with Crippen molar-refractivity contribution in [2.24, 2.45) is 0 Å². The lowest BCUT2D eigenvalue weighted by molar-refractivity contribution is -0.122. The summed E-state index contributed by atoms with van der Waals surface area (Å²) in [5, 5.41) is 8.59. The largest absolute Gasteiger partial charge is 0.355 e. The molecule has 3 N–H and O–H groups in total. The fourth-order valence-electron chi connectivity index (χ4n) is 2.81. The smallest absolute Gasteiger partial charge is 0.222 e. The average Bonchev–Trinajstić information content (AvgIpc) is 2.55. The standard InChI is InChI=1S/C17H24F2N4O2/c1-12(24)22-16(14-3-2-13(18)10-15(14)19)11-17(25)21-6-9-23-7-4-20-5-8-23/h2-3,10,16,20H,4-9,11H2,1H3,(H,21,25)(H,22,24). The number of hydrogen-bond acceptors (Lipinski definition) is 4. The molecule has 25 heavy (non-hydrogen) atoms. The van der Waals surface area contributed by atoms with E-state index >= 15 is 0 Å². The van der Waals surface area contributed by atoms with Gasteiger partial charge in [-0.2, -0.15) is 0 Å². The van der Waals surface area contributed by atoms with Gasteiger partial charge in [0.1, 0.15) is 11.6 Å². The van der Waals surface area contributed by atoms with Crippen LogP contribution in [0.3, 0.4) is 0 Å². The van der Waals surface area contributed by atoms with Gasteiger partial charge in [0.05, 0.1) is 12.5 Å². The summed E-state index contributed by atoms with van der Waals surface area (Å²) < 4.78 is 27.0. The van der Waals surface area contributed by atoms with Crippen molar-refractivity contribution in [3.05, 3.63) is 35.4 Å².